The molecule has 0 saturated carbocycles. The van der Waals surface area contributed by atoms with Crippen LogP contribution >= 0.6 is 0 Å². The lowest BCUT2D eigenvalue weighted by Gasteiger charge is -2.31. The van der Waals surface area contributed by atoms with E-state index >= 15 is 0 Å². The van der Waals surface area contributed by atoms with Gasteiger partial charge < -0.3 is 14.4 Å². The molecule has 148 valence electrons. The van der Waals surface area contributed by atoms with E-state index < -0.39 is 10.0 Å². The summed E-state index contributed by atoms with van der Waals surface area (Å²) in [5.74, 6) is 1.57. The number of nitrogens with zero attached hydrogens (tertiary/aromatic N) is 2. The van der Waals surface area contributed by atoms with Crippen molar-refractivity contribution < 1.29 is 22.8 Å². The van der Waals surface area contributed by atoms with Crippen molar-refractivity contribution in [3.05, 3.63) is 53.6 Å². The van der Waals surface area contributed by atoms with Gasteiger partial charge in [-0.1, -0.05) is 6.07 Å². The Labute approximate surface area is 165 Å². The highest BCUT2D eigenvalue weighted by Gasteiger charge is 2.31. The summed E-state index contributed by atoms with van der Waals surface area (Å²) in [7, 11) is -0.322. The molecule has 0 atom stereocenters. The highest BCUT2D eigenvalue weighted by molar-refractivity contribution is 7.89. The molecule has 1 N–H and O–H groups in total. The molecule has 1 heterocycles. The molecule has 28 heavy (non-hydrogen) atoms. The van der Waals surface area contributed by atoms with Gasteiger partial charge >= 0.3 is 0 Å². The molecule has 0 aliphatic carbocycles. The first-order valence-corrected chi connectivity index (χ1v) is 10.5. The Balaban J connectivity index is 1.68. The fraction of sp³-hybridized carbons (Fsp3) is 0.350. The second kappa shape index (κ2) is 8.61. The van der Waals surface area contributed by atoms with Crippen LogP contribution in [0.5, 0.6) is 11.5 Å². The Kier molecular flexibility index (Phi) is 6.19. The minimum Gasteiger partial charge on any atom is -0.497 e. The van der Waals surface area contributed by atoms with Crippen LogP contribution in [0.4, 0.5) is 0 Å². The van der Waals surface area contributed by atoms with Crippen molar-refractivity contribution in [3.8, 4) is 17.6 Å². The first kappa shape index (κ1) is 20.1. The Morgan fingerprint density at radius 1 is 1.11 bits per heavy atom. The Morgan fingerprint density at radius 3 is 2.50 bits per heavy atom. The maximum atomic E-state index is 12.9. The summed E-state index contributed by atoms with van der Waals surface area (Å²) in [5.41, 5.74) is 1.38. The standard InChI is InChI=1S/C20H23N3O4S/c1-26-18-6-7-20(27-2)17(13-18)15-22-8-10-23(11-9-22)28(24,25)19-5-3-4-16(12-19)14-21/h3-7,12-13H,8-11,15H2,1-2H3/p+1. The van der Waals surface area contributed by atoms with Crippen LogP contribution in [0.3, 0.4) is 0 Å². The topological polar surface area (TPSA) is 84.1 Å². The van der Waals surface area contributed by atoms with E-state index in [1.807, 2.05) is 24.3 Å². The molecule has 7 nitrogen and oxygen atoms in total. The van der Waals surface area contributed by atoms with Gasteiger partial charge in [0.2, 0.25) is 10.0 Å². The van der Waals surface area contributed by atoms with E-state index in [1.165, 1.54) is 21.3 Å². The third-order valence-electron chi connectivity index (χ3n) is 4.96. The number of methoxy groups -OCH3 is 2. The molecule has 2 aromatic carbocycles. The predicted molar refractivity (Wildman–Crippen MR) is 104 cm³/mol. The average Bonchev–Trinajstić information content (AvgIpc) is 2.74. The summed E-state index contributed by atoms with van der Waals surface area (Å²) in [6, 6.07) is 13.9. The van der Waals surface area contributed by atoms with Crippen molar-refractivity contribution in [2.24, 2.45) is 0 Å². The van der Waals surface area contributed by atoms with Crippen LogP contribution in [0.2, 0.25) is 0 Å². The monoisotopic (exact) mass is 402 g/mol. The van der Waals surface area contributed by atoms with Gasteiger partial charge in [-0.15, -0.1) is 0 Å². The molecule has 1 aliphatic heterocycles. The SMILES string of the molecule is COc1ccc(OC)c(C[NH+]2CCN(S(=O)(=O)c3cccc(C#N)c3)CC2)c1. The first-order chi connectivity index (χ1) is 13.5. The molecule has 2 aromatic rings. The van der Waals surface area contributed by atoms with Crippen molar-refractivity contribution in [1.82, 2.24) is 4.31 Å². The van der Waals surface area contributed by atoms with Crippen molar-refractivity contribution in [3.63, 3.8) is 0 Å². The van der Waals surface area contributed by atoms with E-state index in [9.17, 15) is 8.42 Å². The molecule has 1 saturated heterocycles. The minimum absolute atomic E-state index is 0.171. The van der Waals surface area contributed by atoms with Gasteiger partial charge in [0.25, 0.3) is 0 Å². The molecule has 0 unspecified atom stereocenters. The highest BCUT2D eigenvalue weighted by atomic mass is 32.2. The third kappa shape index (κ3) is 4.28. The lowest BCUT2D eigenvalue weighted by molar-refractivity contribution is -0.917. The second-order valence-corrected chi connectivity index (χ2v) is 8.59. The van der Waals surface area contributed by atoms with Crippen LogP contribution in [-0.4, -0.2) is 53.1 Å². The number of sulfonamides is 1. The summed E-state index contributed by atoms with van der Waals surface area (Å²) in [6.45, 7) is 2.98. The highest BCUT2D eigenvalue weighted by Crippen LogP contribution is 2.23. The third-order valence-corrected chi connectivity index (χ3v) is 6.85. The van der Waals surface area contributed by atoms with Crippen LogP contribution in [0.25, 0.3) is 0 Å². The lowest BCUT2D eigenvalue weighted by atomic mass is 10.1. The number of nitrogens with one attached hydrogen (secondary N) is 1. The molecule has 0 radical (unpaired) electrons. The Bertz CT molecular complexity index is 977. The molecule has 0 amide bonds. The zero-order valence-electron chi connectivity index (χ0n) is 16.0. The largest absolute Gasteiger partial charge is 0.497 e. The van der Waals surface area contributed by atoms with Gasteiger partial charge in [0.15, 0.2) is 0 Å². The quantitative estimate of drug-likeness (QED) is 0.768. The van der Waals surface area contributed by atoms with E-state index in [2.05, 4.69) is 0 Å². The van der Waals surface area contributed by atoms with E-state index in [-0.39, 0.29) is 4.90 Å². The number of hydrogen-bond donors (Lipinski definition) is 1. The van der Waals surface area contributed by atoms with Gasteiger partial charge in [-0.3, -0.25) is 0 Å². The van der Waals surface area contributed by atoms with Gasteiger partial charge in [-0.2, -0.15) is 9.57 Å². The maximum absolute atomic E-state index is 12.9. The Hall–Kier alpha value is -2.60. The average molecular weight is 402 g/mol. The van der Waals surface area contributed by atoms with Crippen LogP contribution in [0.1, 0.15) is 11.1 Å². The first-order valence-electron chi connectivity index (χ1n) is 9.02. The Morgan fingerprint density at radius 2 is 1.86 bits per heavy atom. The summed E-state index contributed by atoms with van der Waals surface area (Å²) >= 11 is 0. The second-order valence-electron chi connectivity index (χ2n) is 6.65. The minimum atomic E-state index is -3.59. The summed E-state index contributed by atoms with van der Waals surface area (Å²) in [5, 5.41) is 9.01. The van der Waals surface area contributed by atoms with E-state index in [0.717, 1.165) is 23.6 Å². The predicted octanol–water partition coefficient (Wildman–Crippen LogP) is 0.665. The van der Waals surface area contributed by atoms with E-state index in [0.29, 0.717) is 31.7 Å². The van der Waals surface area contributed by atoms with Crippen LogP contribution < -0.4 is 14.4 Å². The molecule has 0 spiro atoms. The summed E-state index contributed by atoms with van der Waals surface area (Å²) < 4.78 is 38.0. The van der Waals surface area contributed by atoms with E-state index in [1.54, 1.807) is 26.4 Å². The van der Waals surface area contributed by atoms with E-state index in [4.69, 9.17) is 14.7 Å². The van der Waals surface area contributed by atoms with Gasteiger partial charge in [0, 0.05) is 0 Å². The number of ether oxygens (including phenoxy) is 2. The van der Waals surface area contributed by atoms with Crippen molar-refractivity contribution in [2.45, 2.75) is 11.4 Å². The van der Waals surface area contributed by atoms with Gasteiger partial charge in [0.05, 0.1) is 62.5 Å². The number of rotatable bonds is 6. The molecule has 0 bridgehead atoms. The van der Waals surface area contributed by atoms with Gasteiger partial charge in [-0.05, 0) is 36.4 Å². The molecular formula is C20H24N3O4S+. The molecule has 3 rings (SSSR count). The number of hydrogen-bond acceptors (Lipinski definition) is 5. The molecular weight excluding hydrogens is 378 g/mol. The van der Waals surface area contributed by atoms with Crippen LogP contribution in [-0.2, 0) is 16.6 Å². The zero-order valence-corrected chi connectivity index (χ0v) is 16.8. The number of piperazine rings is 1. The molecule has 0 aromatic heterocycles. The smallest absolute Gasteiger partial charge is 0.243 e. The van der Waals surface area contributed by atoms with Gasteiger partial charge in [-0.25, -0.2) is 8.42 Å². The van der Waals surface area contributed by atoms with Crippen molar-refractivity contribution in [1.29, 1.82) is 5.26 Å². The summed E-state index contributed by atoms with van der Waals surface area (Å²) in [4.78, 5) is 1.45. The van der Waals surface area contributed by atoms with Crippen LogP contribution in [0.15, 0.2) is 47.4 Å². The normalized spacial score (nSPS) is 15.8. The lowest BCUT2D eigenvalue weighted by Crippen LogP contribution is -3.13. The number of nitriles is 1. The zero-order chi connectivity index (χ0) is 20.1. The fourth-order valence-electron chi connectivity index (χ4n) is 3.38. The number of benzene rings is 2. The summed E-state index contributed by atoms with van der Waals surface area (Å²) in [6.07, 6.45) is 0. The fourth-order valence-corrected chi connectivity index (χ4v) is 4.87. The van der Waals surface area contributed by atoms with Crippen LogP contribution in [0, 0.1) is 11.3 Å². The molecule has 8 heteroatoms. The molecule has 1 aliphatic rings. The van der Waals surface area contributed by atoms with Crippen molar-refractivity contribution in [2.75, 3.05) is 40.4 Å². The van der Waals surface area contributed by atoms with Crippen molar-refractivity contribution >= 4 is 10.0 Å². The van der Waals surface area contributed by atoms with Gasteiger partial charge in [0.1, 0.15) is 18.0 Å². The maximum Gasteiger partial charge on any atom is 0.243 e. The molecule has 1 fully saturated rings. The number of quaternary nitrogens is 1.